The standard InChI is InChI=1S/C18H24N2O2/c1-19-10-7-16(13-17(19)21)18(22)20-11-8-15(9-12-20)14-5-3-2-4-6-14/h2-6,15-16H,7-13H2,1H3/t16-/m0/s1. The third-order valence-electron chi connectivity index (χ3n) is 5.09. The molecule has 0 aromatic heterocycles. The summed E-state index contributed by atoms with van der Waals surface area (Å²) < 4.78 is 0. The Balaban J connectivity index is 1.55. The first-order valence-electron chi connectivity index (χ1n) is 8.23. The highest BCUT2D eigenvalue weighted by Crippen LogP contribution is 2.29. The maximum Gasteiger partial charge on any atom is 0.226 e. The highest BCUT2D eigenvalue weighted by molar-refractivity contribution is 5.87. The van der Waals surface area contributed by atoms with Crippen molar-refractivity contribution < 1.29 is 9.59 Å². The zero-order valence-electron chi connectivity index (χ0n) is 13.2. The molecule has 2 heterocycles. The molecule has 118 valence electrons. The smallest absolute Gasteiger partial charge is 0.226 e. The van der Waals surface area contributed by atoms with E-state index >= 15 is 0 Å². The van der Waals surface area contributed by atoms with Crippen LogP contribution in [0.1, 0.15) is 37.2 Å². The van der Waals surface area contributed by atoms with E-state index < -0.39 is 0 Å². The van der Waals surface area contributed by atoms with Gasteiger partial charge in [0, 0.05) is 39.0 Å². The molecule has 2 saturated heterocycles. The van der Waals surface area contributed by atoms with E-state index in [4.69, 9.17) is 0 Å². The minimum Gasteiger partial charge on any atom is -0.346 e. The summed E-state index contributed by atoms with van der Waals surface area (Å²) in [4.78, 5) is 28.1. The molecule has 4 nitrogen and oxygen atoms in total. The monoisotopic (exact) mass is 300 g/mol. The summed E-state index contributed by atoms with van der Waals surface area (Å²) in [5.74, 6) is 0.748. The van der Waals surface area contributed by atoms with Gasteiger partial charge in [-0.1, -0.05) is 30.3 Å². The number of likely N-dealkylation sites (tertiary alicyclic amines) is 2. The Labute approximate surface area is 132 Å². The molecule has 0 spiro atoms. The fourth-order valence-corrected chi connectivity index (χ4v) is 3.57. The van der Waals surface area contributed by atoms with Crippen LogP contribution in [0.5, 0.6) is 0 Å². The molecule has 2 aliphatic heterocycles. The van der Waals surface area contributed by atoms with E-state index in [1.165, 1.54) is 5.56 Å². The van der Waals surface area contributed by atoms with Crippen LogP contribution in [0.2, 0.25) is 0 Å². The Morgan fingerprint density at radius 2 is 1.73 bits per heavy atom. The predicted molar refractivity (Wildman–Crippen MR) is 85.4 cm³/mol. The van der Waals surface area contributed by atoms with Crippen molar-refractivity contribution >= 4 is 11.8 Å². The average Bonchev–Trinajstić information content (AvgIpc) is 2.58. The van der Waals surface area contributed by atoms with E-state index in [0.29, 0.717) is 18.9 Å². The fraction of sp³-hybridized carbons (Fsp3) is 0.556. The number of amides is 2. The van der Waals surface area contributed by atoms with Crippen LogP contribution in [-0.2, 0) is 9.59 Å². The maximum absolute atomic E-state index is 12.6. The van der Waals surface area contributed by atoms with Crippen molar-refractivity contribution in [1.82, 2.24) is 9.80 Å². The van der Waals surface area contributed by atoms with Gasteiger partial charge >= 0.3 is 0 Å². The molecule has 0 N–H and O–H groups in total. The summed E-state index contributed by atoms with van der Waals surface area (Å²) in [6, 6.07) is 10.6. The zero-order chi connectivity index (χ0) is 15.5. The summed E-state index contributed by atoms with van der Waals surface area (Å²) in [5.41, 5.74) is 1.38. The molecule has 1 aromatic carbocycles. The molecular formula is C18H24N2O2. The molecule has 0 saturated carbocycles. The van der Waals surface area contributed by atoms with Crippen LogP contribution in [0.25, 0.3) is 0 Å². The lowest BCUT2D eigenvalue weighted by Gasteiger charge is -2.36. The predicted octanol–water partition coefficient (Wildman–Crippen LogP) is 2.26. The lowest BCUT2D eigenvalue weighted by molar-refractivity contribution is -0.145. The van der Waals surface area contributed by atoms with Crippen molar-refractivity contribution in [2.45, 2.75) is 31.6 Å². The van der Waals surface area contributed by atoms with Crippen molar-refractivity contribution in [1.29, 1.82) is 0 Å². The largest absolute Gasteiger partial charge is 0.346 e. The molecule has 0 radical (unpaired) electrons. The number of carbonyl (C=O) groups excluding carboxylic acids is 2. The maximum atomic E-state index is 12.6. The average molecular weight is 300 g/mol. The van der Waals surface area contributed by atoms with Crippen LogP contribution < -0.4 is 0 Å². The summed E-state index contributed by atoms with van der Waals surface area (Å²) in [5, 5.41) is 0. The molecule has 22 heavy (non-hydrogen) atoms. The minimum absolute atomic E-state index is 0.100. The highest BCUT2D eigenvalue weighted by Gasteiger charge is 2.33. The van der Waals surface area contributed by atoms with Gasteiger partial charge in [-0.05, 0) is 30.7 Å². The first kappa shape index (κ1) is 15.1. The Bertz CT molecular complexity index is 535. The molecule has 2 aliphatic rings. The molecule has 2 fully saturated rings. The molecule has 0 unspecified atom stereocenters. The number of nitrogens with zero attached hydrogens (tertiary/aromatic N) is 2. The summed E-state index contributed by atoms with van der Waals surface area (Å²) >= 11 is 0. The fourth-order valence-electron chi connectivity index (χ4n) is 3.57. The Kier molecular flexibility index (Phi) is 4.46. The number of piperidine rings is 2. The van der Waals surface area contributed by atoms with Crippen LogP contribution in [-0.4, -0.2) is 48.3 Å². The van der Waals surface area contributed by atoms with Gasteiger partial charge < -0.3 is 9.80 Å². The number of carbonyl (C=O) groups is 2. The quantitative estimate of drug-likeness (QED) is 0.840. The Morgan fingerprint density at radius 3 is 2.36 bits per heavy atom. The molecule has 0 aliphatic carbocycles. The molecular weight excluding hydrogens is 276 g/mol. The lowest BCUT2D eigenvalue weighted by Crippen LogP contribution is -2.46. The second kappa shape index (κ2) is 6.51. The third-order valence-corrected chi connectivity index (χ3v) is 5.09. The van der Waals surface area contributed by atoms with E-state index in [-0.39, 0.29) is 17.7 Å². The molecule has 1 atom stereocenters. The summed E-state index contributed by atoms with van der Waals surface area (Å²) in [6.07, 6.45) is 3.24. The molecule has 3 rings (SSSR count). The first-order valence-corrected chi connectivity index (χ1v) is 8.23. The van der Waals surface area contributed by atoms with E-state index in [1.54, 1.807) is 4.90 Å². The Morgan fingerprint density at radius 1 is 1.05 bits per heavy atom. The SMILES string of the molecule is CN1CC[C@H](C(=O)N2CCC(c3ccccc3)CC2)CC1=O. The third kappa shape index (κ3) is 3.16. The van der Waals surface area contributed by atoms with Crippen LogP contribution in [0.3, 0.4) is 0 Å². The topological polar surface area (TPSA) is 40.6 Å². The summed E-state index contributed by atoms with van der Waals surface area (Å²) in [7, 11) is 1.81. The van der Waals surface area contributed by atoms with Gasteiger partial charge in [-0.2, -0.15) is 0 Å². The molecule has 4 heteroatoms. The van der Waals surface area contributed by atoms with Crippen LogP contribution >= 0.6 is 0 Å². The Hall–Kier alpha value is -1.84. The van der Waals surface area contributed by atoms with E-state index in [0.717, 1.165) is 32.4 Å². The molecule has 1 aromatic rings. The first-order chi connectivity index (χ1) is 10.6. The van der Waals surface area contributed by atoms with Gasteiger partial charge in [0.2, 0.25) is 11.8 Å². The van der Waals surface area contributed by atoms with Gasteiger partial charge in [-0.15, -0.1) is 0 Å². The number of hydrogen-bond donors (Lipinski definition) is 0. The van der Waals surface area contributed by atoms with E-state index in [9.17, 15) is 9.59 Å². The van der Waals surface area contributed by atoms with Gasteiger partial charge in [-0.3, -0.25) is 9.59 Å². The van der Waals surface area contributed by atoms with Gasteiger partial charge in [-0.25, -0.2) is 0 Å². The van der Waals surface area contributed by atoms with Crippen molar-refractivity contribution in [2.75, 3.05) is 26.7 Å². The van der Waals surface area contributed by atoms with Gasteiger partial charge in [0.25, 0.3) is 0 Å². The lowest BCUT2D eigenvalue weighted by atomic mass is 9.88. The highest BCUT2D eigenvalue weighted by atomic mass is 16.2. The second-order valence-electron chi connectivity index (χ2n) is 6.52. The van der Waals surface area contributed by atoms with Crippen molar-refractivity contribution in [2.24, 2.45) is 5.92 Å². The second-order valence-corrected chi connectivity index (χ2v) is 6.52. The van der Waals surface area contributed by atoms with Gasteiger partial charge in [0.1, 0.15) is 0 Å². The number of rotatable bonds is 2. The minimum atomic E-state index is -0.100. The van der Waals surface area contributed by atoms with Crippen LogP contribution in [0.4, 0.5) is 0 Å². The van der Waals surface area contributed by atoms with Gasteiger partial charge in [0.15, 0.2) is 0 Å². The number of hydrogen-bond acceptors (Lipinski definition) is 2. The van der Waals surface area contributed by atoms with Crippen molar-refractivity contribution in [3.63, 3.8) is 0 Å². The van der Waals surface area contributed by atoms with Crippen molar-refractivity contribution in [3.8, 4) is 0 Å². The summed E-state index contributed by atoms with van der Waals surface area (Å²) in [6.45, 7) is 2.34. The van der Waals surface area contributed by atoms with E-state index in [2.05, 4.69) is 24.3 Å². The number of benzene rings is 1. The van der Waals surface area contributed by atoms with E-state index in [1.807, 2.05) is 18.0 Å². The normalized spacial score (nSPS) is 23.7. The molecule has 2 amide bonds. The van der Waals surface area contributed by atoms with Crippen LogP contribution in [0, 0.1) is 5.92 Å². The van der Waals surface area contributed by atoms with Gasteiger partial charge in [0.05, 0.1) is 0 Å². The van der Waals surface area contributed by atoms with Crippen LogP contribution in [0.15, 0.2) is 30.3 Å². The molecule has 0 bridgehead atoms. The zero-order valence-corrected chi connectivity index (χ0v) is 13.2. The van der Waals surface area contributed by atoms with Crippen molar-refractivity contribution in [3.05, 3.63) is 35.9 Å².